The molecule has 0 aromatic rings. The zero-order valence-corrected chi connectivity index (χ0v) is 13.0. The van der Waals surface area contributed by atoms with Gasteiger partial charge in [0.2, 0.25) is 0 Å². The first kappa shape index (κ1) is 13.9. The molecule has 110 valence electrons. The Morgan fingerprint density at radius 3 is 2.21 bits per heavy atom. The highest BCUT2D eigenvalue weighted by molar-refractivity contribution is 5.08. The molecule has 0 spiro atoms. The van der Waals surface area contributed by atoms with Crippen LogP contribution in [0.4, 0.5) is 0 Å². The Morgan fingerprint density at radius 1 is 0.947 bits per heavy atom. The fourth-order valence-corrected chi connectivity index (χ4v) is 5.29. The first-order chi connectivity index (χ1) is 9.35. The second-order valence-electron chi connectivity index (χ2n) is 7.50. The molecule has 0 heterocycles. The van der Waals surface area contributed by atoms with Crippen molar-refractivity contribution in [3.8, 4) is 0 Å². The van der Waals surface area contributed by atoms with E-state index in [2.05, 4.69) is 19.2 Å². The van der Waals surface area contributed by atoms with Crippen molar-refractivity contribution < 1.29 is 0 Å². The smallest absolute Gasteiger partial charge is 0.0129 e. The topological polar surface area (TPSA) is 12.0 Å². The quantitative estimate of drug-likeness (QED) is 0.737. The number of rotatable bonds is 6. The molecule has 0 bridgehead atoms. The first-order valence-corrected chi connectivity index (χ1v) is 9.08. The second kappa shape index (κ2) is 6.16. The van der Waals surface area contributed by atoms with Gasteiger partial charge in [-0.3, -0.25) is 0 Å². The highest BCUT2D eigenvalue weighted by atomic mass is 15.0. The molecule has 0 aromatic heterocycles. The lowest BCUT2D eigenvalue weighted by Crippen LogP contribution is -2.41. The van der Waals surface area contributed by atoms with Gasteiger partial charge >= 0.3 is 0 Å². The van der Waals surface area contributed by atoms with Crippen LogP contribution < -0.4 is 5.32 Å². The molecule has 3 aliphatic rings. The van der Waals surface area contributed by atoms with E-state index in [9.17, 15) is 0 Å². The van der Waals surface area contributed by atoms with Crippen molar-refractivity contribution >= 4 is 0 Å². The van der Waals surface area contributed by atoms with E-state index in [-0.39, 0.29) is 0 Å². The van der Waals surface area contributed by atoms with Crippen LogP contribution in [0.2, 0.25) is 0 Å². The Labute approximate surface area is 119 Å². The molecule has 3 fully saturated rings. The normalized spacial score (nSPS) is 42.9. The van der Waals surface area contributed by atoms with Crippen molar-refractivity contribution in [2.24, 2.45) is 29.6 Å². The molecule has 3 saturated carbocycles. The Hall–Kier alpha value is -0.0400. The summed E-state index contributed by atoms with van der Waals surface area (Å²) in [7, 11) is 0. The van der Waals surface area contributed by atoms with Gasteiger partial charge in [-0.25, -0.2) is 0 Å². The predicted molar refractivity (Wildman–Crippen MR) is 82.1 cm³/mol. The van der Waals surface area contributed by atoms with E-state index in [4.69, 9.17) is 0 Å². The first-order valence-electron chi connectivity index (χ1n) is 9.08. The summed E-state index contributed by atoms with van der Waals surface area (Å²) in [4.78, 5) is 0. The summed E-state index contributed by atoms with van der Waals surface area (Å²) in [5, 5.41) is 3.96. The molecule has 3 unspecified atom stereocenters. The maximum absolute atomic E-state index is 3.96. The van der Waals surface area contributed by atoms with Gasteiger partial charge in [0.1, 0.15) is 0 Å². The predicted octanol–water partition coefficient (Wildman–Crippen LogP) is 4.62. The average Bonchev–Trinajstić information content (AvgIpc) is 2.92. The van der Waals surface area contributed by atoms with Crippen LogP contribution in [0.3, 0.4) is 0 Å². The molecule has 0 amide bonds. The highest BCUT2D eigenvalue weighted by Gasteiger charge is 2.56. The minimum atomic E-state index is 0.882. The third kappa shape index (κ3) is 2.86. The molecule has 1 N–H and O–H groups in total. The van der Waals surface area contributed by atoms with Gasteiger partial charge in [0.25, 0.3) is 0 Å². The van der Waals surface area contributed by atoms with Crippen LogP contribution in [-0.2, 0) is 0 Å². The largest absolute Gasteiger partial charge is 0.313 e. The van der Waals surface area contributed by atoms with E-state index in [1.54, 1.807) is 12.8 Å². The maximum Gasteiger partial charge on any atom is 0.0129 e. The minimum absolute atomic E-state index is 0.882. The number of hydrogen-bond acceptors (Lipinski definition) is 1. The van der Waals surface area contributed by atoms with Gasteiger partial charge in [-0.2, -0.15) is 0 Å². The summed E-state index contributed by atoms with van der Waals surface area (Å²) in [6, 6.07) is 0.882. The summed E-state index contributed by atoms with van der Waals surface area (Å²) >= 11 is 0. The average molecular weight is 263 g/mol. The SMILES string of the molecule is CCCNC(C1CCC(CC)CC1)C1C2CCCC21. The summed E-state index contributed by atoms with van der Waals surface area (Å²) < 4.78 is 0. The van der Waals surface area contributed by atoms with Crippen molar-refractivity contribution in [1.29, 1.82) is 0 Å². The lowest BCUT2D eigenvalue weighted by Gasteiger charge is -2.35. The fourth-order valence-electron chi connectivity index (χ4n) is 5.29. The van der Waals surface area contributed by atoms with E-state index in [0.717, 1.165) is 35.6 Å². The van der Waals surface area contributed by atoms with E-state index in [1.165, 1.54) is 51.5 Å². The molecular formula is C18H33N. The van der Waals surface area contributed by atoms with Gasteiger partial charge < -0.3 is 5.32 Å². The van der Waals surface area contributed by atoms with Crippen LogP contribution in [0.5, 0.6) is 0 Å². The Morgan fingerprint density at radius 2 is 1.63 bits per heavy atom. The van der Waals surface area contributed by atoms with Crippen molar-refractivity contribution in [3.05, 3.63) is 0 Å². The molecule has 0 aromatic carbocycles. The van der Waals surface area contributed by atoms with Gasteiger partial charge in [-0.05, 0) is 68.2 Å². The third-order valence-electron chi connectivity index (χ3n) is 6.49. The van der Waals surface area contributed by atoms with Crippen LogP contribution in [0.15, 0.2) is 0 Å². The van der Waals surface area contributed by atoms with Gasteiger partial charge in [-0.1, -0.05) is 39.5 Å². The Bertz CT molecular complexity index is 269. The van der Waals surface area contributed by atoms with Gasteiger partial charge in [0, 0.05) is 6.04 Å². The maximum atomic E-state index is 3.96. The number of hydrogen-bond donors (Lipinski definition) is 1. The number of fused-ring (bicyclic) bond motifs is 1. The van der Waals surface area contributed by atoms with Crippen LogP contribution in [-0.4, -0.2) is 12.6 Å². The standard InChI is InChI=1S/C18H33N/c1-3-12-19-18(17-15-6-5-7-16(15)17)14-10-8-13(4-2)9-11-14/h13-19H,3-12H2,1-2H3. The molecule has 0 saturated heterocycles. The van der Waals surface area contributed by atoms with E-state index < -0.39 is 0 Å². The van der Waals surface area contributed by atoms with Gasteiger partial charge in [0.15, 0.2) is 0 Å². The molecule has 0 radical (unpaired) electrons. The minimum Gasteiger partial charge on any atom is -0.313 e. The second-order valence-corrected chi connectivity index (χ2v) is 7.50. The molecule has 1 nitrogen and oxygen atoms in total. The highest BCUT2D eigenvalue weighted by Crippen LogP contribution is 2.60. The molecule has 3 aliphatic carbocycles. The molecule has 1 heteroatoms. The van der Waals surface area contributed by atoms with Crippen molar-refractivity contribution in [1.82, 2.24) is 5.32 Å². The van der Waals surface area contributed by atoms with E-state index in [0.29, 0.717) is 0 Å². The zero-order chi connectivity index (χ0) is 13.2. The molecule has 19 heavy (non-hydrogen) atoms. The van der Waals surface area contributed by atoms with Crippen LogP contribution in [0.25, 0.3) is 0 Å². The summed E-state index contributed by atoms with van der Waals surface area (Å²) in [5.41, 5.74) is 0. The van der Waals surface area contributed by atoms with E-state index >= 15 is 0 Å². The van der Waals surface area contributed by atoms with Crippen molar-refractivity contribution in [2.75, 3.05) is 6.54 Å². The molecular weight excluding hydrogens is 230 g/mol. The van der Waals surface area contributed by atoms with Crippen LogP contribution >= 0.6 is 0 Å². The van der Waals surface area contributed by atoms with Gasteiger partial charge in [-0.15, -0.1) is 0 Å². The Kier molecular flexibility index (Phi) is 4.51. The Balaban J connectivity index is 1.57. The van der Waals surface area contributed by atoms with Crippen LogP contribution in [0.1, 0.15) is 71.6 Å². The summed E-state index contributed by atoms with van der Waals surface area (Å²) in [5.74, 6) is 5.37. The number of nitrogens with one attached hydrogen (secondary N) is 1. The molecule has 0 aliphatic heterocycles. The molecule has 3 rings (SSSR count). The van der Waals surface area contributed by atoms with Gasteiger partial charge in [0.05, 0.1) is 0 Å². The fraction of sp³-hybridized carbons (Fsp3) is 1.00. The zero-order valence-electron chi connectivity index (χ0n) is 13.0. The van der Waals surface area contributed by atoms with Crippen LogP contribution in [0, 0.1) is 29.6 Å². The van der Waals surface area contributed by atoms with E-state index in [1.807, 2.05) is 0 Å². The monoisotopic (exact) mass is 263 g/mol. The molecule has 3 atom stereocenters. The summed E-state index contributed by atoms with van der Waals surface area (Å²) in [6.07, 6.45) is 13.4. The summed E-state index contributed by atoms with van der Waals surface area (Å²) in [6.45, 7) is 5.93. The van der Waals surface area contributed by atoms with Crippen molar-refractivity contribution in [2.45, 2.75) is 77.7 Å². The lowest BCUT2D eigenvalue weighted by atomic mass is 9.75. The van der Waals surface area contributed by atoms with Crippen molar-refractivity contribution in [3.63, 3.8) is 0 Å². The lowest BCUT2D eigenvalue weighted by molar-refractivity contribution is 0.193. The third-order valence-corrected chi connectivity index (χ3v) is 6.49.